The van der Waals surface area contributed by atoms with Gasteiger partial charge >= 0.3 is 5.97 Å². The van der Waals surface area contributed by atoms with Gasteiger partial charge in [0.2, 0.25) is 0 Å². The van der Waals surface area contributed by atoms with E-state index in [9.17, 15) is 4.79 Å². The Balaban J connectivity index is 1.95. The smallest absolute Gasteiger partial charge is 0.335 e. The van der Waals surface area contributed by atoms with Crippen molar-refractivity contribution in [1.82, 2.24) is 14.9 Å². The summed E-state index contributed by atoms with van der Waals surface area (Å²) in [5, 5.41) is 9.00. The fourth-order valence-corrected chi connectivity index (χ4v) is 3.03. The number of carbonyl (C=O) groups is 1. The molecule has 1 aromatic heterocycles. The Morgan fingerprint density at radius 1 is 1.23 bits per heavy atom. The predicted molar refractivity (Wildman–Crippen MR) is 83.9 cm³/mol. The van der Waals surface area contributed by atoms with Crippen LogP contribution in [0.15, 0.2) is 36.7 Å². The molecule has 114 valence electrons. The van der Waals surface area contributed by atoms with Crippen molar-refractivity contribution in [3.63, 3.8) is 0 Å². The summed E-state index contributed by atoms with van der Waals surface area (Å²) >= 11 is 0. The molecule has 1 saturated heterocycles. The van der Waals surface area contributed by atoms with Crippen molar-refractivity contribution < 1.29 is 9.90 Å². The molecular weight excluding hydrogens is 278 g/mol. The average Bonchev–Trinajstić information content (AvgIpc) is 2.55. The van der Waals surface area contributed by atoms with Crippen LogP contribution in [0.4, 0.5) is 0 Å². The van der Waals surface area contributed by atoms with Crippen LogP contribution in [0, 0.1) is 0 Å². The highest BCUT2D eigenvalue weighted by Crippen LogP contribution is 2.31. The largest absolute Gasteiger partial charge is 0.478 e. The molecular formula is C17H19N3O2. The lowest BCUT2D eigenvalue weighted by molar-refractivity contribution is 0.0697. The second-order valence-corrected chi connectivity index (χ2v) is 5.77. The van der Waals surface area contributed by atoms with Gasteiger partial charge in [-0.3, -0.25) is 9.97 Å². The van der Waals surface area contributed by atoms with Crippen molar-refractivity contribution in [1.29, 1.82) is 0 Å². The zero-order valence-electron chi connectivity index (χ0n) is 12.6. The predicted octanol–water partition coefficient (Wildman–Crippen LogP) is 2.65. The SMILES string of the molecule is CN1CCC[C@H](c2nccnc2-c2ccc(C(=O)O)cc2)C1. The first-order valence-corrected chi connectivity index (χ1v) is 7.48. The number of aromatic carboxylic acids is 1. The van der Waals surface area contributed by atoms with Gasteiger partial charge in [-0.1, -0.05) is 12.1 Å². The molecule has 0 radical (unpaired) electrons. The fraction of sp³-hybridized carbons (Fsp3) is 0.353. The molecule has 5 heteroatoms. The van der Waals surface area contributed by atoms with Crippen molar-refractivity contribution in [2.45, 2.75) is 18.8 Å². The highest BCUT2D eigenvalue weighted by atomic mass is 16.4. The lowest BCUT2D eigenvalue weighted by Gasteiger charge is -2.30. The van der Waals surface area contributed by atoms with Crippen molar-refractivity contribution in [3.8, 4) is 11.3 Å². The Labute approximate surface area is 129 Å². The quantitative estimate of drug-likeness (QED) is 0.943. The van der Waals surface area contributed by atoms with Gasteiger partial charge in [0.05, 0.1) is 17.0 Å². The van der Waals surface area contributed by atoms with Gasteiger partial charge in [-0.25, -0.2) is 4.79 Å². The number of likely N-dealkylation sites (tertiary alicyclic amines) is 1. The number of rotatable bonds is 3. The van der Waals surface area contributed by atoms with Crippen LogP contribution in [0.2, 0.25) is 0 Å². The second kappa shape index (κ2) is 6.23. The van der Waals surface area contributed by atoms with Crippen molar-refractivity contribution >= 4 is 5.97 Å². The summed E-state index contributed by atoms with van der Waals surface area (Å²) in [6, 6.07) is 6.85. The summed E-state index contributed by atoms with van der Waals surface area (Å²) in [7, 11) is 2.13. The zero-order valence-corrected chi connectivity index (χ0v) is 12.6. The first-order chi connectivity index (χ1) is 10.6. The standard InChI is InChI=1S/C17H19N3O2/c1-20-10-2-3-14(11-20)16-15(18-8-9-19-16)12-4-6-13(7-5-12)17(21)22/h4-9,14H,2-3,10-11H2,1H3,(H,21,22)/t14-/m0/s1. The van der Waals surface area contributed by atoms with Crippen LogP contribution in [-0.4, -0.2) is 46.1 Å². The first kappa shape index (κ1) is 14.7. The molecule has 1 aliphatic rings. The number of carboxylic acids is 1. The first-order valence-electron chi connectivity index (χ1n) is 7.48. The summed E-state index contributed by atoms with van der Waals surface area (Å²) in [6.07, 6.45) is 5.70. The molecule has 0 spiro atoms. The number of hydrogen-bond acceptors (Lipinski definition) is 4. The molecule has 22 heavy (non-hydrogen) atoms. The van der Waals surface area contributed by atoms with Gasteiger partial charge < -0.3 is 10.0 Å². The minimum atomic E-state index is -0.917. The fourth-order valence-electron chi connectivity index (χ4n) is 3.03. The van der Waals surface area contributed by atoms with E-state index in [1.165, 1.54) is 0 Å². The van der Waals surface area contributed by atoms with E-state index in [2.05, 4.69) is 21.9 Å². The Hall–Kier alpha value is -2.27. The Morgan fingerprint density at radius 3 is 2.64 bits per heavy atom. The summed E-state index contributed by atoms with van der Waals surface area (Å²) < 4.78 is 0. The average molecular weight is 297 g/mol. The molecule has 2 heterocycles. The number of aromatic nitrogens is 2. The third-order valence-corrected chi connectivity index (χ3v) is 4.14. The number of nitrogens with zero attached hydrogens (tertiary/aromatic N) is 3. The highest BCUT2D eigenvalue weighted by Gasteiger charge is 2.23. The summed E-state index contributed by atoms with van der Waals surface area (Å²) in [5.74, 6) is -0.540. The molecule has 1 aliphatic heterocycles. The molecule has 1 aromatic carbocycles. The number of likely N-dealkylation sites (N-methyl/N-ethyl adjacent to an activating group) is 1. The van der Waals surface area contributed by atoms with Gasteiger partial charge in [-0.15, -0.1) is 0 Å². The van der Waals surface area contributed by atoms with Crippen molar-refractivity contribution in [2.75, 3.05) is 20.1 Å². The highest BCUT2D eigenvalue weighted by molar-refractivity contribution is 5.88. The maximum absolute atomic E-state index is 11.0. The van der Waals surface area contributed by atoms with E-state index in [0.29, 0.717) is 5.92 Å². The minimum Gasteiger partial charge on any atom is -0.478 e. The summed E-state index contributed by atoms with van der Waals surface area (Å²) in [4.78, 5) is 22.3. The molecule has 1 atom stereocenters. The number of piperidine rings is 1. The zero-order chi connectivity index (χ0) is 15.5. The molecule has 0 unspecified atom stereocenters. The van der Waals surface area contributed by atoms with E-state index >= 15 is 0 Å². The molecule has 0 saturated carbocycles. The van der Waals surface area contributed by atoms with Crippen LogP contribution in [0.1, 0.15) is 34.8 Å². The molecule has 0 amide bonds. The van der Waals surface area contributed by atoms with E-state index in [-0.39, 0.29) is 5.56 Å². The third-order valence-electron chi connectivity index (χ3n) is 4.14. The topological polar surface area (TPSA) is 66.3 Å². The molecule has 1 N–H and O–H groups in total. The maximum atomic E-state index is 11.0. The Kier molecular flexibility index (Phi) is 4.15. The van der Waals surface area contributed by atoms with Crippen molar-refractivity contribution in [3.05, 3.63) is 47.9 Å². The van der Waals surface area contributed by atoms with Crippen molar-refractivity contribution in [2.24, 2.45) is 0 Å². The van der Waals surface area contributed by atoms with E-state index in [4.69, 9.17) is 5.11 Å². The lowest BCUT2D eigenvalue weighted by Crippen LogP contribution is -2.31. The van der Waals surface area contributed by atoms with Gasteiger partial charge in [-0.2, -0.15) is 0 Å². The van der Waals surface area contributed by atoms with E-state index in [1.807, 2.05) is 12.1 Å². The van der Waals surface area contributed by atoms with Gasteiger partial charge in [-0.05, 0) is 38.6 Å². The van der Waals surface area contributed by atoms with Crippen LogP contribution in [-0.2, 0) is 0 Å². The molecule has 3 rings (SSSR count). The van der Waals surface area contributed by atoms with E-state index in [0.717, 1.165) is 42.9 Å². The third kappa shape index (κ3) is 2.99. The maximum Gasteiger partial charge on any atom is 0.335 e. The van der Waals surface area contributed by atoms with E-state index in [1.54, 1.807) is 24.5 Å². The number of hydrogen-bond donors (Lipinski definition) is 1. The number of benzene rings is 1. The monoisotopic (exact) mass is 297 g/mol. The second-order valence-electron chi connectivity index (χ2n) is 5.77. The Morgan fingerprint density at radius 2 is 1.95 bits per heavy atom. The van der Waals surface area contributed by atoms with Crippen LogP contribution < -0.4 is 0 Å². The van der Waals surface area contributed by atoms with Crippen LogP contribution >= 0.6 is 0 Å². The number of carboxylic acid groups (broad SMARTS) is 1. The lowest BCUT2D eigenvalue weighted by atomic mass is 9.91. The van der Waals surface area contributed by atoms with Gasteiger partial charge in [0.15, 0.2) is 0 Å². The van der Waals surface area contributed by atoms with Crippen LogP contribution in [0.5, 0.6) is 0 Å². The van der Waals surface area contributed by atoms with Gasteiger partial charge in [0.1, 0.15) is 0 Å². The minimum absolute atomic E-state index is 0.284. The van der Waals surface area contributed by atoms with Crippen LogP contribution in [0.25, 0.3) is 11.3 Å². The van der Waals surface area contributed by atoms with Gasteiger partial charge in [0, 0.05) is 30.4 Å². The molecule has 5 nitrogen and oxygen atoms in total. The van der Waals surface area contributed by atoms with Crippen LogP contribution in [0.3, 0.4) is 0 Å². The molecule has 2 aromatic rings. The summed E-state index contributed by atoms with van der Waals surface area (Å²) in [5.41, 5.74) is 3.07. The molecule has 0 aliphatic carbocycles. The summed E-state index contributed by atoms with van der Waals surface area (Å²) in [6.45, 7) is 2.11. The van der Waals surface area contributed by atoms with E-state index < -0.39 is 5.97 Å². The normalized spacial score (nSPS) is 19.0. The molecule has 0 bridgehead atoms. The van der Waals surface area contributed by atoms with Gasteiger partial charge in [0.25, 0.3) is 0 Å². The molecule has 1 fully saturated rings. The Bertz CT molecular complexity index is 670.